The Morgan fingerprint density at radius 1 is 1.22 bits per heavy atom. The molecule has 2 heterocycles. The number of fused-ring (bicyclic) bond motifs is 1. The average Bonchev–Trinajstić information content (AvgIpc) is 3.16. The first-order valence-corrected chi connectivity index (χ1v) is 9.77. The van der Waals surface area contributed by atoms with Crippen molar-refractivity contribution in [2.45, 2.75) is 18.9 Å². The number of rotatable bonds is 3. The summed E-state index contributed by atoms with van der Waals surface area (Å²) >= 11 is 1.98. The standard InChI is InChI=1S/C19H17IN2O5/c20-15-11-12(22(24)25)6-7-13(15)19(23)21-8-2-4-16(21)14-3-1-5-17-18(14)27-10-9-26-17/h1,3,5-7,11,16H,2,4,8-10H2. The van der Waals surface area contributed by atoms with Crippen LogP contribution in [0.3, 0.4) is 0 Å². The van der Waals surface area contributed by atoms with E-state index in [0.717, 1.165) is 18.4 Å². The second kappa shape index (κ2) is 7.34. The summed E-state index contributed by atoms with van der Waals surface area (Å²) in [5.74, 6) is 1.31. The molecule has 2 aromatic carbocycles. The molecular weight excluding hydrogens is 463 g/mol. The van der Waals surface area contributed by atoms with Gasteiger partial charge >= 0.3 is 0 Å². The number of halogens is 1. The van der Waals surface area contributed by atoms with Gasteiger partial charge in [-0.1, -0.05) is 12.1 Å². The third-order valence-corrected chi connectivity index (χ3v) is 5.76. The Kier molecular flexibility index (Phi) is 4.90. The molecule has 2 aliphatic heterocycles. The van der Waals surface area contributed by atoms with Crippen molar-refractivity contribution in [2.75, 3.05) is 19.8 Å². The number of nitrogens with zero attached hydrogens (tertiary/aromatic N) is 2. The topological polar surface area (TPSA) is 81.9 Å². The third kappa shape index (κ3) is 3.33. The summed E-state index contributed by atoms with van der Waals surface area (Å²) in [7, 11) is 0. The Bertz CT molecular complexity index is 917. The molecule has 1 unspecified atom stereocenters. The highest BCUT2D eigenvalue weighted by molar-refractivity contribution is 14.1. The summed E-state index contributed by atoms with van der Waals surface area (Å²) < 4.78 is 12.1. The highest BCUT2D eigenvalue weighted by atomic mass is 127. The first-order valence-electron chi connectivity index (χ1n) is 8.69. The number of amides is 1. The van der Waals surface area contributed by atoms with Gasteiger partial charge in [0.15, 0.2) is 11.5 Å². The van der Waals surface area contributed by atoms with Gasteiger partial charge in [-0.25, -0.2) is 0 Å². The zero-order chi connectivity index (χ0) is 19.0. The molecule has 8 heteroatoms. The molecule has 0 N–H and O–H groups in total. The molecule has 1 atom stereocenters. The number of ether oxygens (including phenoxy) is 2. The molecule has 0 bridgehead atoms. The van der Waals surface area contributed by atoms with Gasteiger partial charge in [-0.05, 0) is 47.6 Å². The lowest BCUT2D eigenvalue weighted by molar-refractivity contribution is -0.384. The smallest absolute Gasteiger partial charge is 0.270 e. The maximum atomic E-state index is 13.2. The minimum Gasteiger partial charge on any atom is -0.486 e. The van der Waals surface area contributed by atoms with E-state index in [2.05, 4.69) is 0 Å². The second-order valence-corrected chi connectivity index (χ2v) is 7.61. The summed E-state index contributed by atoms with van der Waals surface area (Å²) in [6.45, 7) is 1.65. The number of benzene rings is 2. The van der Waals surface area contributed by atoms with Gasteiger partial charge in [0, 0.05) is 27.8 Å². The van der Waals surface area contributed by atoms with E-state index in [1.54, 1.807) is 0 Å². The second-order valence-electron chi connectivity index (χ2n) is 6.45. The number of carbonyl (C=O) groups excluding carboxylic acids is 1. The first-order chi connectivity index (χ1) is 13.1. The van der Waals surface area contributed by atoms with Gasteiger partial charge in [-0.2, -0.15) is 0 Å². The van der Waals surface area contributed by atoms with E-state index in [1.807, 2.05) is 45.7 Å². The van der Waals surface area contributed by atoms with Crippen LogP contribution in [0.5, 0.6) is 11.5 Å². The fourth-order valence-electron chi connectivity index (χ4n) is 3.64. The van der Waals surface area contributed by atoms with Gasteiger partial charge < -0.3 is 14.4 Å². The molecule has 1 fully saturated rings. The Morgan fingerprint density at radius 2 is 2.04 bits per heavy atom. The zero-order valence-electron chi connectivity index (χ0n) is 14.4. The highest BCUT2D eigenvalue weighted by Crippen LogP contribution is 2.43. The molecule has 2 aromatic rings. The molecule has 0 radical (unpaired) electrons. The van der Waals surface area contributed by atoms with E-state index in [9.17, 15) is 14.9 Å². The van der Waals surface area contributed by atoms with Crippen molar-refractivity contribution < 1.29 is 19.2 Å². The quantitative estimate of drug-likeness (QED) is 0.378. The average molecular weight is 480 g/mol. The lowest BCUT2D eigenvalue weighted by Crippen LogP contribution is -2.31. The third-order valence-electron chi connectivity index (χ3n) is 4.86. The summed E-state index contributed by atoms with van der Waals surface area (Å²) in [6, 6.07) is 10.0. The molecule has 27 heavy (non-hydrogen) atoms. The predicted molar refractivity (Wildman–Crippen MR) is 106 cm³/mol. The number of non-ortho nitro benzene ring substituents is 1. The molecular formula is C19H17IN2O5. The van der Waals surface area contributed by atoms with E-state index in [4.69, 9.17) is 9.47 Å². The van der Waals surface area contributed by atoms with E-state index in [-0.39, 0.29) is 17.6 Å². The van der Waals surface area contributed by atoms with Crippen molar-refractivity contribution in [1.29, 1.82) is 0 Å². The lowest BCUT2D eigenvalue weighted by Gasteiger charge is -2.29. The fraction of sp³-hybridized carbons (Fsp3) is 0.316. The minimum atomic E-state index is -0.456. The Labute approximate surface area is 169 Å². The van der Waals surface area contributed by atoms with Crippen molar-refractivity contribution in [3.8, 4) is 11.5 Å². The number of nitro benzene ring substituents is 1. The SMILES string of the molecule is O=C(c1ccc([N+](=O)[O-])cc1I)N1CCCC1c1cccc2c1OCCO2. The minimum absolute atomic E-state index is 0.0170. The predicted octanol–water partition coefficient (Wildman–Crippen LogP) is 3.95. The highest BCUT2D eigenvalue weighted by Gasteiger charge is 2.34. The Morgan fingerprint density at radius 3 is 2.81 bits per heavy atom. The summed E-state index contributed by atoms with van der Waals surface area (Å²) in [4.78, 5) is 25.5. The lowest BCUT2D eigenvalue weighted by atomic mass is 10.0. The van der Waals surface area contributed by atoms with Crippen LogP contribution >= 0.6 is 22.6 Å². The van der Waals surface area contributed by atoms with Crippen molar-refractivity contribution in [3.63, 3.8) is 0 Å². The van der Waals surface area contributed by atoms with Crippen LogP contribution in [0.15, 0.2) is 36.4 Å². The van der Waals surface area contributed by atoms with Crippen LogP contribution in [0.2, 0.25) is 0 Å². The van der Waals surface area contributed by atoms with Crippen LogP contribution in [0.1, 0.15) is 34.8 Å². The summed E-state index contributed by atoms with van der Waals surface area (Å²) in [6.07, 6.45) is 1.74. The van der Waals surface area contributed by atoms with Gasteiger partial charge in [0.25, 0.3) is 11.6 Å². The van der Waals surface area contributed by atoms with Crippen LogP contribution in [0, 0.1) is 13.7 Å². The number of carbonyl (C=O) groups is 1. The van der Waals surface area contributed by atoms with Crippen LogP contribution in [0.4, 0.5) is 5.69 Å². The molecule has 0 spiro atoms. The van der Waals surface area contributed by atoms with Gasteiger partial charge in [-0.3, -0.25) is 14.9 Å². The van der Waals surface area contributed by atoms with Gasteiger partial charge in [-0.15, -0.1) is 0 Å². The summed E-state index contributed by atoms with van der Waals surface area (Å²) in [5.41, 5.74) is 1.42. The normalized spacial score (nSPS) is 18.4. The molecule has 0 aliphatic carbocycles. The molecule has 2 aliphatic rings. The molecule has 1 saturated heterocycles. The number of nitro groups is 1. The van der Waals surface area contributed by atoms with E-state index >= 15 is 0 Å². The molecule has 1 amide bonds. The van der Waals surface area contributed by atoms with Gasteiger partial charge in [0.2, 0.25) is 0 Å². The van der Waals surface area contributed by atoms with Crippen LogP contribution in [-0.2, 0) is 0 Å². The van der Waals surface area contributed by atoms with Crippen molar-refractivity contribution >= 4 is 34.2 Å². The molecule has 7 nitrogen and oxygen atoms in total. The van der Waals surface area contributed by atoms with Crippen molar-refractivity contribution in [2.24, 2.45) is 0 Å². The van der Waals surface area contributed by atoms with E-state index in [1.165, 1.54) is 18.2 Å². The van der Waals surface area contributed by atoms with Crippen LogP contribution < -0.4 is 9.47 Å². The van der Waals surface area contributed by atoms with Gasteiger partial charge in [0.1, 0.15) is 13.2 Å². The Balaban J connectivity index is 1.66. The zero-order valence-corrected chi connectivity index (χ0v) is 16.5. The largest absolute Gasteiger partial charge is 0.486 e. The fourth-order valence-corrected chi connectivity index (χ4v) is 4.37. The Hall–Kier alpha value is -2.36. The van der Waals surface area contributed by atoms with Crippen LogP contribution in [-0.4, -0.2) is 35.5 Å². The van der Waals surface area contributed by atoms with Gasteiger partial charge in [0.05, 0.1) is 16.5 Å². The summed E-state index contributed by atoms with van der Waals surface area (Å²) in [5, 5.41) is 10.9. The monoisotopic (exact) mass is 480 g/mol. The maximum Gasteiger partial charge on any atom is 0.270 e. The molecule has 4 rings (SSSR count). The molecule has 0 aromatic heterocycles. The van der Waals surface area contributed by atoms with E-state index in [0.29, 0.717) is 40.4 Å². The van der Waals surface area contributed by atoms with E-state index < -0.39 is 4.92 Å². The molecule has 140 valence electrons. The number of hydrogen-bond acceptors (Lipinski definition) is 5. The van der Waals surface area contributed by atoms with Crippen molar-refractivity contribution in [3.05, 3.63) is 61.2 Å². The van der Waals surface area contributed by atoms with Crippen LogP contribution in [0.25, 0.3) is 0 Å². The van der Waals surface area contributed by atoms with Crippen molar-refractivity contribution in [1.82, 2.24) is 4.90 Å². The number of likely N-dealkylation sites (tertiary alicyclic amines) is 1. The number of hydrogen-bond donors (Lipinski definition) is 0. The number of para-hydroxylation sites is 1. The maximum absolute atomic E-state index is 13.2. The molecule has 0 saturated carbocycles. The first kappa shape index (κ1) is 18.0.